The average molecular weight is 359 g/mol. The zero-order chi connectivity index (χ0) is 18.5. The van der Waals surface area contributed by atoms with E-state index in [9.17, 15) is 9.59 Å². The fourth-order valence-electron chi connectivity index (χ4n) is 3.95. The molecule has 0 aliphatic carbocycles. The topological polar surface area (TPSA) is 62.7 Å². The Labute approximate surface area is 155 Å². The zero-order valence-corrected chi connectivity index (χ0v) is 15.8. The summed E-state index contributed by atoms with van der Waals surface area (Å²) in [5.41, 5.74) is 0.504. The first-order valence-corrected chi connectivity index (χ1v) is 9.76. The van der Waals surface area contributed by atoms with Crippen molar-refractivity contribution >= 4 is 11.8 Å². The highest BCUT2D eigenvalue weighted by Gasteiger charge is 2.32. The Hall–Kier alpha value is -2.11. The molecule has 2 saturated heterocycles. The third kappa shape index (κ3) is 4.17. The summed E-state index contributed by atoms with van der Waals surface area (Å²) < 4.78 is 5.48. The molecule has 2 amide bonds. The lowest BCUT2D eigenvalue weighted by Gasteiger charge is -2.37. The molecule has 0 saturated carbocycles. The molecular formula is C20H29N3O3. The summed E-state index contributed by atoms with van der Waals surface area (Å²) in [7, 11) is 0. The molecule has 0 bridgehead atoms. The average Bonchev–Trinajstić information content (AvgIpc) is 2.68. The molecule has 2 aliphatic heterocycles. The van der Waals surface area contributed by atoms with Gasteiger partial charge in [-0.25, -0.2) is 4.98 Å². The maximum Gasteiger partial charge on any atom is 0.259 e. The van der Waals surface area contributed by atoms with Crippen molar-refractivity contribution in [3.63, 3.8) is 0 Å². The van der Waals surface area contributed by atoms with Crippen molar-refractivity contribution in [2.24, 2.45) is 11.8 Å². The standard InChI is InChI=1S/C20H29N3O3/c1-3-26-18-17(7-4-10-21-18)20(25)22-12-8-16(9-13-22)19(24)23-11-5-6-15(2)14-23/h4,7,10,15-16H,3,5-6,8-9,11-14H2,1-2H3. The van der Waals surface area contributed by atoms with E-state index in [1.54, 1.807) is 18.3 Å². The van der Waals surface area contributed by atoms with Gasteiger partial charge in [0.05, 0.1) is 6.61 Å². The smallest absolute Gasteiger partial charge is 0.259 e. The van der Waals surface area contributed by atoms with Gasteiger partial charge < -0.3 is 14.5 Å². The molecule has 2 aliphatic rings. The van der Waals surface area contributed by atoms with Crippen LogP contribution in [0.15, 0.2) is 18.3 Å². The fraction of sp³-hybridized carbons (Fsp3) is 0.650. The largest absolute Gasteiger partial charge is 0.477 e. The van der Waals surface area contributed by atoms with Crippen LogP contribution in [0.4, 0.5) is 0 Å². The van der Waals surface area contributed by atoms with Crippen LogP contribution in [0.2, 0.25) is 0 Å². The van der Waals surface area contributed by atoms with Crippen molar-refractivity contribution in [2.45, 2.75) is 39.5 Å². The Morgan fingerprint density at radius 2 is 1.96 bits per heavy atom. The first-order chi connectivity index (χ1) is 12.6. The Morgan fingerprint density at radius 1 is 1.19 bits per heavy atom. The predicted molar refractivity (Wildman–Crippen MR) is 99.0 cm³/mol. The molecule has 2 fully saturated rings. The summed E-state index contributed by atoms with van der Waals surface area (Å²) in [4.78, 5) is 33.6. The minimum absolute atomic E-state index is 0.0459. The van der Waals surface area contributed by atoms with E-state index in [1.807, 2.05) is 16.7 Å². The molecule has 1 aromatic heterocycles. The van der Waals surface area contributed by atoms with Gasteiger partial charge in [0.1, 0.15) is 5.56 Å². The zero-order valence-electron chi connectivity index (χ0n) is 15.8. The van der Waals surface area contributed by atoms with E-state index in [0.29, 0.717) is 37.1 Å². The third-order valence-corrected chi connectivity index (χ3v) is 5.38. The molecule has 1 atom stereocenters. The molecule has 3 rings (SSSR count). The minimum Gasteiger partial charge on any atom is -0.477 e. The number of carbonyl (C=O) groups is 2. The van der Waals surface area contributed by atoms with Crippen LogP contribution in [0.5, 0.6) is 5.88 Å². The first-order valence-electron chi connectivity index (χ1n) is 9.76. The number of piperidine rings is 2. The predicted octanol–water partition coefficient (Wildman–Crippen LogP) is 2.59. The summed E-state index contributed by atoms with van der Waals surface area (Å²) in [6.45, 7) is 7.55. The lowest BCUT2D eigenvalue weighted by atomic mass is 9.92. The number of hydrogen-bond donors (Lipinski definition) is 0. The quantitative estimate of drug-likeness (QED) is 0.829. The summed E-state index contributed by atoms with van der Waals surface area (Å²) in [6, 6.07) is 3.51. The van der Waals surface area contributed by atoms with Gasteiger partial charge in [0.15, 0.2) is 0 Å². The van der Waals surface area contributed by atoms with Crippen molar-refractivity contribution in [3.8, 4) is 5.88 Å². The van der Waals surface area contributed by atoms with Gasteiger partial charge in [-0.15, -0.1) is 0 Å². The van der Waals surface area contributed by atoms with Crippen molar-refractivity contribution in [1.29, 1.82) is 0 Å². The molecule has 0 N–H and O–H groups in total. The number of amides is 2. The van der Waals surface area contributed by atoms with Crippen molar-refractivity contribution in [1.82, 2.24) is 14.8 Å². The number of nitrogens with zero attached hydrogens (tertiary/aromatic N) is 3. The second-order valence-corrected chi connectivity index (χ2v) is 7.39. The summed E-state index contributed by atoms with van der Waals surface area (Å²) in [5.74, 6) is 1.25. The molecule has 142 valence electrons. The lowest BCUT2D eigenvalue weighted by Crippen LogP contribution is -2.47. The van der Waals surface area contributed by atoms with Gasteiger partial charge in [-0.2, -0.15) is 0 Å². The van der Waals surface area contributed by atoms with E-state index in [-0.39, 0.29) is 17.7 Å². The molecule has 6 heteroatoms. The minimum atomic E-state index is -0.0564. The Kier molecular flexibility index (Phi) is 6.12. The second-order valence-electron chi connectivity index (χ2n) is 7.39. The van der Waals surface area contributed by atoms with Gasteiger partial charge in [-0.05, 0) is 50.7 Å². The molecule has 0 radical (unpaired) electrons. The first kappa shape index (κ1) is 18.7. The SMILES string of the molecule is CCOc1ncccc1C(=O)N1CCC(C(=O)N2CCCC(C)C2)CC1. The van der Waals surface area contributed by atoms with Gasteiger partial charge in [-0.1, -0.05) is 6.92 Å². The number of pyridine rings is 1. The number of likely N-dealkylation sites (tertiary alicyclic amines) is 2. The van der Waals surface area contributed by atoms with E-state index in [1.165, 1.54) is 6.42 Å². The highest BCUT2D eigenvalue weighted by molar-refractivity contribution is 5.96. The van der Waals surface area contributed by atoms with Crippen LogP contribution in [0, 0.1) is 11.8 Å². The van der Waals surface area contributed by atoms with Gasteiger partial charge in [0, 0.05) is 38.3 Å². The van der Waals surface area contributed by atoms with Crippen LogP contribution >= 0.6 is 0 Å². The fourth-order valence-corrected chi connectivity index (χ4v) is 3.95. The van der Waals surface area contributed by atoms with E-state index in [4.69, 9.17) is 4.74 Å². The van der Waals surface area contributed by atoms with Gasteiger partial charge in [0.2, 0.25) is 11.8 Å². The molecule has 6 nitrogen and oxygen atoms in total. The van der Waals surface area contributed by atoms with E-state index >= 15 is 0 Å². The van der Waals surface area contributed by atoms with Crippen molar-refractivity contribution in [3.05, 3.63) is 23.9 Å². The van der Waals surface area contributed by atoms with E-state index in [0.717, 1.165) is 32.4 Å². The Balaban J connectivity index is 1.58. The third-order valence-electron chi connectivity index (χ3n) is 5.38. The number of ether oxygens (including phenoxy) is 1. The highest BCUT2D eigenvalue weighted by Crippen LogP contribution is 2.25. The van der Waals surface area contributed by atoms with E-state index < -0.39 is 0 Å². The molecule has 1 aromatic rings. The number of aromatic nitrogens is 1. The number of carbonyl (C=O) groups excluding carboxylic acids is 2. The normalized spacial score (nSPS) is 21.5. The lowest BCUT2D eigenvalue weighted by molar-refractivity contribution is -0.138. The van der Waals surface area contributed by atoms with Crippen LogP contribution in [-0.2, 0) is 4.79 Å². The van der Waals surface area contributed by atoms with Crippen molar-refractivity contribution < 1.29 is 14.3 Å². The second kappa shape index (κ2) is 8.52. The summed E-state index contributed by atoms with van der Waals surface area (Å²) >= 11 is 0. The Bertz CT molecular complexity index is 641. The summed E-state index contributed by atoms with van der Waals surface area (Å²) in [5, 5.41) is 0. The molecule has 1 unspecified atom stereocenters. The molecule has 0 spiro atoms. The highest BCUT2D eigenvalue weighted by atomic mass is 16.5. The van der Waals surface area contributed by atoms with Crippen LogP contribution in [0.25, 0.3) is 0 Å². The monoisotopic (exact) mass is 359 g/mol. The summed E-state index contributed by atoms with van der Waals surface area (Å²) in [6.07, 6.45) is 5.42. The van der Waals surface area contributed by atoms with Gasteiger partial charge in [0.25, 0.3) is 5.91 Å². The van der Waals surface area contributed by atoms with Crippen LogP contribution in [0.3, 0.4) is 0 Å². The molecule has 0 aromatic carbocycles. The molecule has 26 heavy (non-hydrogen) atoms. The van der Waals surface area contributed by atoms with Gasteiger partial charge >= 0.3 is 0 Å². The van der Waals surface area contributed by atoms with Crippen molar-refractivity contribution in [2.75, 3.05) is 32.8 Å². The Morgan fingerprint density at radius 3 is 2.65 bits per heavy atom. The molecule has 3 heterocycles. The van der Waals surface area contributed by atoms with E-state index in [2.05, 4.69) is 11.9 Å². The maximum atomic E-state index is 12.8. The van der Waals surface area contributed by atoms with Crippen LogP contribution in [0.1, 0.15) is 49.9 Å². The van der Waals surface area contributed by atoms with Gasteiger partial charge in [-0.3, -0.25) is 9.59 Å². The molecular weight excluding hydrogens is 330 g/mol. The van der Waals surface area contributed by atoms with Crippen LogP contribution in [-0.4, -0.2) is 59.4 Å². The van der Waals surface area contributed by atoms with Crippen LogP contribution < -0.4 is 4.74 Å². The number of rotatable bonds is 4. The number of hydrogen-bond acceptors (Lipinski definition) is 4. The maximum absolute atomic E-state index is 12.8.